The van der Waals surface area contributed by atoms with Crippen molar-refractivity contribution in [2.45, 2.75) is 13.8 Å². The summed E-state index contributed by atoms with van der Waals surface area (Å²) in [6.45, 7) is 8.80. The molecule has 0 bridgehead atoms. The van der Waals surface area contributed by atoms with Crippen LogP contribution < -0.4 is 5.32 Å². The first-order chi connectivity index (χ1) is 12.4. The minimum Gasteiger partial charge on any atom is -0.367 e. The average Bonchev–Trinajstić information content (AvgIpc) is 2.98. The number of aryl methyl sites for hydroxylation is 1. The Morgan fingerprint density at radius 3 is 2.54 bits per heavy atom. The maximum absolute atomic E-state index is 11.4. The van der Waals surface area contributed by atoms with E-state index < -0.39 is 0 Å². The van der Waals surface area contributed by atoms with Crippen LogP contribution in [0.5, 0.6) is 0 Å². The molecule has 1 aromatic carbocycles. The zero-order valence-electron chi connectivity index (χ0n) is 15.0. The number of amides is 1. The van der Waals surface area contributed by atoms with Gasteiger partial charge in [0.05, 0.1) is 15.7 Å². The van der Waals surface area contributed by atoms with Crippen LogP contribution in [0.2, 0.25) is 10.0 Å². The quantitative estimate of drug-likeness (QED) is 0.844. The number of benzene rings is 1. The number of rotatable bonds is 5. The van der Waals surface area contributed by atoms with E-state index in [1.165, 1.54) is 0 Å². The molecule has 0 saturated carbocycles. The summed E-state index contributed by atoms with van der Waals surface area (Å²) in [5, 5.41) is 9.01. The van der Waals surface area contributed by atoms with E-state index in [1.54, 1.807) is 13.0 Å². The Labute approximate surface area is 163 Å². The third-order valence-electron chi connectivity index (χ3n) is 4.59. The number of hydrogen-bond donors (Lipinski definition) is 1. The Bertz CT molecular complexity index is 784. The predicted molar refractivity (Wildman–Crippen MR) is 106 cm³/mol. The van der Waals surface area contributed by atoms with Crippen LogP contribution in [0.15, 0.2) is 24.3 Å². The van der Waals surface area contributed by atoms with Gasteiger partial charge < -0.3 is 10.2 Å². The standard InChI is InChI=1S/C18H23Cl2N5O/c1-13-11-18(22-25(13)15-3-4-16(19)17(20)12-15)21-5-6-23-7-9-24(10-8-23)14(2)26/h3-4,11-12H,5-10H2,1-2H3,(H,21,22). The summed E-state index contributed by atoms with van der Waals surface area (Å²) < 4.78 is 1.84. The number of piperazine rings is 1. The van der Waals surface area contributed by atoms with E-state index in [0.717, 1.165) is 56.5 Å². The second-order valence-electron chi connectivity index (χ2n) is 6.46. The maximum atomic E-state index is 11.4. The van der Waals surface area contributed by atoms with Gasteiger partial charge in [0, 0.05) is 58.0 Å². The lowest BCUT2D eigenvalue weighted by molar-refractivity contribution is -0.130. The molecule has 0 atom stereocenters. The van der Waals surface area contributed by atoms with Gasteiger partial charge in [-0.1, -0.05) is 23.2 Å². The van der Waals surface area contributed by atoms with E-state index in [2.05, 4.69) is 15.3 Å². The van der Waals surface area contributed by atoms with Gasteiger partial charge in [-0.25, -0.2) is 4.68 Å². The Kier molecular flexibility index (Phi) is 6.06. The van der Waals surface area contributed by atoms with Crippen LogP contribution in [0.3, 0.4) is 0 Å². The number of aromatic nitrogens is 2. The molecule has 0 aliphatic carbocycles. The van der Waals surface area contributed by atoms with Crippen LogP contribution >= 0.6 is 23.2 Å². The second-order valence-corrected chi connectivity index (χ2v) is 7.27. The fraction of sp³-hybridized carbons (Fsp3) is 0.444. The van der Waals surface area contributed by atoms with Crippen molar-refractivity contribution in [3.8, 4) is 5.69 Å². The first-order valence-electron chi connectivity index (χ1n) is 8.68. The van der Waals surface area contributed by atoms with Crippen LogP contribution in [0.4, 0.5) is 5.82 Å². The van der Waals surface area contributed by atoms with E-state index in [9.17, 15) is 4.79 Å². The summed E-state index contributed by atoms with van der Waals surface area (Å²) in [5.41, 5.74) is 1.89. The number of nitrogens with zero attached hydrogens (tertiary/aromatic N) is 4. The second kappa shape index (κ2) is 8.29. The highest BCUT2D eigenvalue weighted by molar-refractivity contribution is 6.42. The lowest BCUT2D eigenvalue weighted by Gasteiger charge is -2.34. The van der Waals surface area contributed by atoms with Crippen molar-refractivity contribution in [1.29, 1.82) is 0 Å². The van der Waals surface area contributed by atoms with Crippen molar-refractivity contribution < 1.29 is 4.79 Å². The van der Waals surface area contributed by atoms with E-state index >= 15 is 0 Å². The van der Waals surface area contributed by atoms with Gasteiger partial charge in [-0.05, 0) is 25.1 Å². The molecule has 1 saturated heterocycles. The molecule has 8 heteroatoms. The van der Waals surface area contributed by atoms with Gasteiger partial charge in [-0.3, -0.25) is 9.69 Å². The van der Waals surface area contributed by atoms with Crippen LogP contribution in [0.1, 0.15) is 12.6 Å². The smallest absolute Gasteiger partial charge is 0.219 e. The first kappa shape index (κ1) is 19.0. The van der Waals surface area contributed by atoms with Crippen LogP contribution in [-0.2, 0) is 4.79 Å². The molecule has 1 amide bonds. The molecule has 1 aliphatic rings. The highest BCUT2D eigenvalue weighted by atomic mass is 35.5. The van der Waals surface area contributed by atoms with Gasteiger partial charge >= 0.3 is 0 Å². The van der Waals surface area contributed by atoms with Gasteiger partial charge in [0.15, 0.2) is 0 Å². The zero-order chi connectivity index (χ0) is 18.7. The topological polar surface area (TPSA) is 53.4 Å². The summed E-state index contributed by atoms with van der Waals surface area (Å²) in [6.07, 6.45) is 0. The summed E-state index contributed by atoms with van der Waals surface area (Å²) in [4.78, 5) is 15.6. The summed E-state index contributed by atoms with van der Waals surface area (Å²) in [7, 11) is 0. The van der Waals surface area contributed by atoms with Crippen molar-refractivity contribution in [3.63, 3.8) is 0 Å². The molecular weight excluding hydrogens is 373 g/mol. The average molecular weight is 396 g/mol. The molecule has 1 N–H and O–H groups in total. The highest BCUT2D eigenvalue weighted by Gasteiger charge is 2.18. The number of anilines is 1. The van der Waals surface area contributed by atoms with Gasteiger partial charge in [0.25, 0.3) is 0 Å². The molecule has 1 fully saturated rings. The Morgan fingerprint density at radius 1 is 1.15 bits per heavy atom. The lowest BCUT2D eigenvalue weighted by atomic mass is 10.3. The molecule has 3 rings (SSSR count). The predicted octanol–water partition coefficient (Wildman–Crippen LogP) is 3.06. The van der Waals surface area contributed by atoms with E-state index in [4.69, 9.17) is 23.2 Å². The van der Waals surface area contributed by atoms with Crippen molar-refractivity contribution in [3.05, 3.63) is 40.0 Å². The van der Waals surface area contributed by atoms with Crippen molar-refractivity contribution in [1.82, 2.24) is 19.6 Å². The lowest BCUT2D eigenvalue weighted by Crippen LogP contribution is -2.49. The molecule has 6 nitrogen and oxygen atoms in total. The minimum atomic E-state index is 0.158. The van der Waals surface area contributed by atoms with Crippen LogP contribution in [0.25, 0.3) is 5.69 Å². The van der Waals surface area contributed by atoms with Gasteiger partial charge in [-0.2, -0.15) is 5.10 Å². The maximum Gasteiger partial charge on any atom is 0.219 e. The normalized spacial score (nSPS) is 15.3. The molecule has 0 unspecified atom stereocenters. The third kappa shape index (κ3) is 4.50. The van der Waals surface area contributed by atoms with Gasteiger partial charge in [-0.15, -0.1) is 0 Å². The Hall–Kier alpha value is -1.76. The fourth-order valence-electron chi connectivity index (χ4n) is 3.07. The van der Waals surface area contributed by atoms with Crippen LogP contribution in [0, 0.1) is 6.92 Å². The summed E-state index contributed by atoms with van der Waals surface area (Å²) >= 11 is 12.1. The first-order valence-corrected chi connectivity index (χ1v) is 9.43. The molecule has 2 heterocycles. The van der Waals surface area contributed by atoms with Crippen molar-refractivity contribution >= 4 is 34.9 Å². The number of halogens is 2. The number of carbonyl (C=O) groups excluding carboxylic acids is 1. The van der Waals surface area contributed by atoms with E-state index in [0.29, 0.717) is 10.0 Å². The molecule has 26 heavy (non-hydrogen) atoms. The molecule has 2 aromatic rings. The molecule has 140 valence electrons. The van der Waals surface area contributed by atoms with E-state index in [-0.39, 0.29) is 5.91 Å². The van der Waals surface area contributed by atoms with Crippen molar-refractivity contribution in [2.24, 2.45) is 0 Å². The monoisotopic (exact) mass is 395 g/mol. The van der Waals surface area contributed by atoms with Crippen LogP contribution in [-0.4, -0.2) is 64.8 Å². The zero-order valence-corrected chi connectivity index (χ0v) is 16.5. The summed E-state index contributed by atoms with van der Waals surface area (Å²) in [5.74, 6) is 0.988. The van der Waals surface area contributed by atoms with E-state index in [1.807, 2.05) is 34.7 Å². The SMILES string of the molecule is CC(=O)N1CCN(CCNc2cc(C)n(-c3ccc(Cl)c(Cl)c3)n2)CC1. The van der Waals surface area contributed by atoms with Crippen molar-refractivity contribution in [2.75, 3.05) is 44.6 Å². The molecule has 1 aliphatic heterocycles. The highest BCUT2D eigenvalue weighted by Crippen LogP contribution is 2.25. The number of carbonyl (C=O) groups is 1. The molecule has 0 spiro atoms. The summed E-state index contributed by atoms with van der Waals surface area (Å²) in [6, 6.07) is 7.49. The number of nitrogens with one attached hydrogen (secondary N) is 1. The molecule has 0 radical (unpaired) electrons. The fourth-order valence-corrected chi connectivity index (χ4v) is 3.36. The molecular formula is C18H23Cl2N5O. The Morgan fingerprint density at radius 2 is 1.88 bits per heavy atom. The molecule has 1 aromatic heterocycles. The third-order valence-corrected chi connectivity index (χ3v) is 5.33. The van der Waals surface area contributed by atoms with Gasteiger partial charge in [0.1, 0.15) is 5.82 Å². The minimum absolute atomic E-state index is 0.158. The largest absolute Gasteiger partial charge is 0.367 e. The number of hydrogen-bond acceptors (Lipinski definition) is 4. The Balaban J connectivity index is 1.53. The van der Waals surface area contributed by atoms with Gasteiger partial charge in [0.2, 0.25) is 5.91 Å².